The number of rotatable bonds is 11. The van der Waals surface area contributed by atoms with Crippen molar-refractivity contribution in [1.82, 2.24) is 9.80 Å². The number of methoxy groups -OCH3 is 2. The van der Waals surface area contributed by atoms with E-state index >= 15 is 4.79 Å². The molecule has 3 aromatic rings. The third kappa shape index (κ3) is 6.78. The van der Waals surface area contributed by atoms with E-state index in [1.807, 2.05) is 0 Å². The molecule has 1 saturated heterocycles. The summed E-state index contributed by atoms with van der Waals surface area (Å²) in [5, 5.41) is 9.39. The highest BCUT2D eigenvalue weighted by molar-refractivity contribution is 7.93. The molecular weight excluding hydrogens is 723 g/mol. The van der Waals surface area contributed by atoms with E-state index in [0.29, 0.717) is 9.87 Å². The Morgan fingerprint density at radius 2 is 1.73 bits per heavy atom. The number of ether oxygens (including phenoxy) is 4. The van der Waals surface area contributed by atoms with Crippen molar-refractivity contribution >= 4 is 45.1 Å². The molecule has 0 aromatic heterocycles. The van der Waals surface area contributed by atoms with E-state index in [1.165, 1.54) is 55.3 Å². The first-order chi connectivity index (χ1) is 23.9. The molecule has 2 amide bonds. The maximum atomic E-state index is 15.5. The number of carboxylic acid groups (broad SMARTS) is 1. The Morgan fingerprint density at radius 3 is 2.33 bits per heavy atom. The molecule has 0 aliphatic carbocycles. The number of hydrogen-bond acceptors (Lipinski definition) is 10. The number of carboxylic acids is 1. The minimum absolute atomic E-state index is 0.0466. The normalized spacial score (nSPS) is 20.6. The molecule has 1 N–H and O–H groups in total. The number of likely N-dealkylation sites (tertiary alicyclic amines) is 1. The summed E-state index contributed by atoms with van der Waals surface area (Å²) >= 11 is 6.52. The predicted octanol–water partition coefficient (Wildman–Crippen LogP) is 4.18. The number of sulfonamides is 1. The van der Waals surface area contributed by atoms with Crippen LogP contribution in [0.5, 0.6) is 17.2 Å². The molecule has 5 rings (SSSR count). The molecule has 51 heavy (non-hydrogen) atoms. The molecule has 0 radical (unpaired) electrons. The van der Waals surface area contributed by atoms with E-state index in [-0.39, 0.29) is 46.3 Å². The van der Waals surface area contributed by atoms with Gasteiger partial charge in [0.2, 0.25) is 5.91 Å². The maximum absolute atomic E-state index is 15.5. The van der Waals surface area contributed by atoms with Crippen LogP contribution in [-0.4, -0.2) is 101 Å². The Kier molecular flexibility index (Phi) is 10.2. The Balaban J connectivity index is 1.86. The molecule has 0 bridgehead atoms. The van der Waals surface area contributed by atoms with Gasteiger partial charge < -0.3 is 29.0 Å². The summed E-state index contributed by atoms with van der Waals surface area (Å²) in [7, 11) is 0.129. The van der Waals surface area contributed by atoms with Gasteiger partial charge in [0, 0.05) is 42.9 Å². The molecule has 1 unspecified atom stereocenters. The van der Waals surface area contributed by atoms with E-state index in [2.05, 4.69) is 4.74 Å². The van der Waals surface area contributed by atoms with Crippen LogP contribution in [-0.2, 0) is 34.7 Å². The summed E-state index contributed by atoms with van der Waals surface area (Å²) in [6.07, 6.45) is -6.40. The average Bonchev–Trinajstić information content (AvgIpc) is 3.59. The van der Waals surface area contributed by atoms with Crippen LogP contribution < -0.4 is 18.5 Å². The summed E-state index contributed by atoms with van der Waals surface area (Å²) in [4.78, 5) is 42.5. The van der Waals surface area contributed by atoms with Crippen LogP contribution in [0.3, 0.4) is 0 Å². The van der Waals surface area contributed by atoms with Crippen molar-refractivity contribution < 1.29 is 60.0 Å². The zero-order valence-electron chi connectivity index (χ0n) is 27.9. The van der Waals surface area contributed by atoms with Gasteiger partial charge in [0.15, 0.2) is 11.3 Å². The SMILES string of the molecule is COc1ccc(S(=O)(=O)N2C(=O)C(c3cc(C)ccc3OC)(N3C[C@H](OCC(=O)O)C[C@H]3C(=O)N(C)C)c3cc(Cl)ccc32)c(OC(F)(F)F)c1. The fourth-order valence-electron chi connectivity index (χ4n) is 6.52. The minimum atomic E-state index is -5.34. The first kappa shape index (κ1) is 37.7. The van der Waals surface area contributed by atoms with Crippen LogP contribution in [0.2, 0.25) is 5.02 Å². The third-order valence-electron chi connectivity index (χ3n) is 8.56. The second kappa shape index (κ2) is 13.9. The number of carbonyl (C=O) groups excluding carboxylic acids is 2. The van der Waals surface area contributed by atoms with Gasteiger partial charge in [-0.1, -0.05) is 23.2 Å². The highest BCUT2D eigenvalue weighted by Gasteiger charge is 2.64. The van der Waals surface area contributed by atoms with Gasteiger partial charge in [-0.05, 0) is 55.8 Å². The van der Waals surface area contributed by atoms with Gasteiger partial charge in [0.1, 0.15) is 23.0 Å². The number of benzene rings is 3. The Hall–Kier alpha value is -4.58. The second-order valence-corrected chi connectivity index (χ2v) is 14.2. The van der Waals surface area contributed by atoms with Gasteiger partial charge in [0.25, 0.3) is 15.9 Å². The maximum Gasteiger partial charge on any atom is 0.573 e. The van der Waals surface area contributed by atoms with E-state index in [9.17, 15) is 36.3 Å². The van der Waals surface area contributed by atoms with Crippen molar-refractivity contribution in [2.75, 3.05) is 45.8 Å². The quantitative estimate of drug-likeness (QED) is 0.300. The molecule has 2 aliphatic rings. The first-order valence-corrected chi connectivity index (χ1v) is 17.0. The number of anilines is 1. The lowest BCUT2D eigenvalue weighted by Crippen LogP contribution is -2.59. The summed E-state index contributed by atoms with van der Waals surface area (Å²) in [5.41, 5.74) is -1.93. The topological polar surface area (TPSA) is 152 Å². The fourth-order valence-corrected chi connectivity index (χ4v) is 8.26. The van der Waals surface area contributed by atoms with Crippen LogP contribution >= 0.6 is 11.6 Å². The van der Waals surface area contributed by atoms with Crippen molar-refractivity contribution in [3.8, 4) is 17.2 Å². The van der Waals surface area contributed by atoms with Gasteiger partial charge in [-0.3, -0.25) is 14.5 Å². The van der Waals surface area contributed by atoms with Gasteiger partial charge in [-0.25, -0.2) is 17.5 Å². The van der Waals surface area contributed by atoms with Gasteiger partial charge in [-0.2, -0.15) is 0 Å². The first-order valence-electron chi connectivity index (χ1n) is 15.2. The monoisotopic (exact) mass is 755 g/mol. The minimum Gasteiger partial charge on any atom is -0.497 e. The largest absolute Gasteiger partial charge is 0.573 e. The number of aliphatic carboxylic acids is 1. The number of fused-ring (bicyclic) bond motifs is 1. The number of amides is 2. The lowest BCUT2D eigenvalue weighted by atomic mass is 9.80. The molecule has 3 aromatic carbocycles. The number of hydrogen-bond donors (Lipinski definition) is 1. The Bertz CT molecular complexity index is 1990. The van der Waals surface area contributed by atoms with Crippen molar-refractivity contribution in [1.29, 1.82) is 0 Å². The number of carbonyl (C=O) groups is 3. The molecule has 0 spiro atoms. The second-order valence-electron chi connectivity index (χ2n) is 12.0. The van der Waals surface area contributed by atoms with Crippen LogP contribution in [0.1, 0.15) is 23.1 Å². The molecule has 3 atom stereocenters. The molecule has 18 heteroatoms. The van der Waals surface area contributed by atoms with E-state index in [1.54, 1.807) is 19.1 Å². The number of halogens is 4. The summed E-state index contributed by atoms with van der Waals surface area (Å²) < 4.78 is 91.1. The highest BCUT2D eigenvalue weighted by Crippen LogP contribution is 2.55. The van der Waals surface area contributed by atoms with E-state index < -0.39 is 69.1 Å². The van der Waals surface area contributed by atoms with Gasteiger partial charge in [0.05, 0.1) is 32.1 Å². The predicted molar refractivity (Wildman–Crippen MR) is 175 cm³/mol. The van der Waals surface area contributed by atoms with Crippen LogP contribution in [0, 0.1) is 6.92 Å². The Labute approximate surface area is 296 Å². The fraction of sp³-hybridized carbons (Fsp3) is 0.364. The molecule has 0 saturated carbocycles. The lowest BCUT2D eigenvalue weighted by molar-refractivity contribution is -0.275. The average molecular weight is 756 g/mol. The van der Waals surface area contributed by atoms with Crippen LogP contribution in [0.4, 0.5) is 18.9 Å². The zero-order chi connectivity index (χ0) is 37.6. The van der Waals surface area contributed by atoms with Crippen molar-refractivity contribution in [3.05, 3.63) is 76.3 Å². The third-order valence-corrected chi connectivity index (χ3v) is 10.5. The number of aryl methyl sites for hydroxylation is 1. The van der Waals surface area contributed by atoms with Crippen molar-refractivity contribution in [2.24, 2.45) is 0 Å². The lowest BCUT2D eigenvalue weighted by Gasteiger charge is -2.42. The Morgan fingerprint density at radius 1 is 1.02 bits per heavy atom. The van der Waals surface area contributed by atoms with Crippen molar-refractivity contribution in [2.45, 2.75) is 42.3 Å². The molecule has 2 aliphatic heterocycles. The van der Waals surface area contributed by atoms with Crippen LogP contribution in [0.25, 0.3) is 0 Å². The number of nitrogens with zero attached hydrogens (tertiary/aromatic N) is 3. The molecular formula is C33H33ClF3N3O10S. The molecule has 274 valence electrons. The zero-order valence-corrected chi connectivity index (χ0v) is 29.4. The van der Waals surface area contributed by atoms with Crippen molar-refractivity contribution in [3.63, 3.8) is 0 Å². The van der Waals surface area contributed by atoms with E-state index in [0.717, 1.165) is 25.3 Å². The highest BCUT2D eigenvalue weighted by atomic mass is 35.5. The smallest absolute Gasteiger partial charge is 0.497 e. The number of alkyl halides is 3. The van der Waals surface area contributed by atoms with E-state index in [4.69, 9.17) is 25.8 Å². The molecule has 1 fully saturated rings. The summed E-state index contributed by atoms with van der Waals surface area (Å²) in [5.74, 6) is -4.28. The van der Waals surface area contributed by atoms with Gasteiger partial charge in [-0.15, -0.1) is 13.2 Å². The molecule has 2 heterocycles. The van der Waals surface area contributed by atoms with Crippen LogP contribution in [0.15, 0.2) is 59.5 Å². The van der Waals surface area contributed by atoms with Gasteiger partial charge >= 0.3 is 12.3 Å². The number of likely N-dealkylation sites (N-methyl/N-ethyl adjacent to an activating group) is 1. The molecule has 13 nitrogen and oxygen atoms in total. The summed E-state index contributed by atoms with van der Waals surface area (Å²) in [6.45, 7) is 0.691. The standard InChI is InChI=1S/C33H33ClF3N3O10S/c1-18-6-10-26(48-5)23(12-18)32(39-16-21(49-17-29(41)42)14-25(39)30(43)38(2)3)22-13-19(34)7-9-24(22)40(31(32)44)51(45,46)28-11-8-20(47-4)15-27(28)50-33(35,36)37/h6-13,15,21,25H,14,16-17H2,1-5H3,(H,41,42)/t21-,25+,32?/m1/s1. The summed E-state index contributed by atoms with van der Waals surface area (Å²) in [6, 6.07) is 10.0.